The van der Waals surface area contributed by atoms with Crippen molar-refractivity contribution < 1.29 is 13.9 Å². The van der Waals surface area contributed by atoms with Crippen molar-refractivity contribution in [3.63, 3.8) is 0 Å². The van der Waals surface area contributed by atoms with Gasteiger partial charge in [0.05, 0.1) is 0 Å². The van der Waals surface area contributed by atoms with Crippen LogP contribution in [0.3, 0.4) is 0 Å². The van der Waals surface area contributed by atoms with Gasteiger partial charge in [0, 0.05) is 29.6 Å². The molecule has 0 unspecified atom stereocenters. The molecule has 0 bridgehead atoms. The molecule has 0 spiro atoms. The minimum Gasteiger partial charge on any atom is -0.421 e. The van der Waals surface area contributed by atoms with Crippen molar-refractivity contribution in [2.45, 2.75) is 20.4 Å². The summed E-state index contributed by atoms with van der Waals surface area (Å²) in [5.41, 5.74) is 11.6. The molecule has 10 nitrogen and oxygen atoms in total. The first-order valence-electron chi connectivity index (χ1n) is 11.6. The largest absolute Gasteiger partial charge is 0.421 e. The quantitative estimate of drug-likeness (QED) is 0.312. The number of nitrogens with zero attached hydrogens (tertiary/aromatic N) is 6. The van der Waals surface area contributed by atoms with Crippen molar-refractivity contribution in [1.29, 1.82) is 0 Å². The van der Waals surface area contributed by atoms with E-state index < -0.39 is 5.82 Å². The number of aryl methyl sites for hydroxylation is 2. The van der Waals surface area contributed by atoms with Gasteiger partial charge in [-0.25, -0.2) is 19.3 Å². The summed E-state index contributed by atoms with van der Waals surface area (Å²) >= 11 is 0. The van der Waals surface area contributed by atoms with Crippen LogP contribution >= 0.6 is 0 Å². The third-order valence-electron chi connectivity index (χ3n) is 5.86. The molecule has 38 heavy (non-hydrogen) atoms. The molecule has 0 fully saturated rings. The van der Waals surface area contributed by atoms with Crippen molar-refractivity contribution in [2.24, 2.45) is 0 Å². The second-order valence-corrected chi connectivity index (χ2v) is 8.51. The summed E-state index contributed by atoms with van der Waals surface area (Å²) in [5, 5.41) is 11.6. The first kappa shape index (κ1) is 24.5. The van der Waals surface area contributed by atoms with Gasteiger partial charge >= 0.3 is 6.01 Å². The first-order chi connectivity index (χ1) is 18.3. The van der Waals surface area contributed by atoms with Gasteiger partial charge < -0.3 is 15.8 Å². The molecule has 11 heteroatoms. The van der Waals surface area contributed by atoms with Crippen molar-refractivity contribution in [2.75, 3.05) is 5.73 Å². The Balaban J connectivity index is 1.58. The fourth-order valence-corrected chi connectivity index (χ4v) is 4.06. The highest BCUT2D eigenvalue weighted by Crippen LogP contribution is 2.39. The van der Waals surface area contributed by atoms with E-state index in [4.69, 9.17) is 10.5 Å². The number of fused-ring (bicyclic) bond motifs is 1. The van der Waals surface area contributed by atoms with Crippen LogP contribution in [0.1, 0.15) is 16.8 Å². The molecule has 3 heterocycles. The monoisotopic (exact) mass is 510 g/mol. The second kappa shape index (κ2) is 10.1. The van der Waals surface area contributed by atoms with E-state index >= 15 is 4.39 Å². The number of aromatic nitrogens is 6. The highest BCUT2D eigenvalue weighted by molar-refractivity contribution is 5.96. The van der Waals surface area contributed by atoms with Gasteiger partial charge in [0.15, 0.2) is 17.4 Å². The molecule has 0 radical (unpaired) electrons. The zero-order valence-corrected chi connectivity index (χ0v) is 20.6. The molecule has 3 N–H and O–H groups in total. The Morgan fingerprint density at radius 1 is 1.18 bits per heavy atom. The molecule has 0 saturated heterocycles. The van der Waals surface area contributed by atoms with Crippen molar-refractivity contribution >= 4 is 17.2 Å². The molecular weight excluding hydrogens is 487 g/mol. The average molecular weight is 511 g/mol. The predicted octanol–water partition coefficient (Wildman–Crippen LogP) is 4.18. The molecule has 2 aromatic carbocycles. The molecule has 0 aliphatic rings. The molecule has 0 aliphatic heterocycles. The Kier molecular flexibility index (Phi) is 6.48. The lowest BCUT2D eigenvalue weighted by atomic mass is 9.95. The van der Waals surface area contributed by atoms with Crippen LogP contribution in [0.5, 0.6) is 11.8 Å². The lowest BCUT2D eigenvalue weighted by molar-refractivity contribution is -0.116. The standard InChI is InChI=1S/C27H23FN8O2/c1-4-22(37)31-13-17-5-7-19(15(2)11-17)24-23(25-26(29)32-14-33-36(25)35-24)18-6-8-21(20(28)12-18)38-27-30-10-9-16(3)34-27/h4-12,14H,1,13H2,2-3H3,(H,31,37)(H2,29,32,33). The van der Waals surface area contributed by atoms with E-state index in [1.807, 2.05) is 25.1 Å². The summed E-state index contributed by atoms with van der Waals surface area (Å²) in [6.07, 6.45) is 4.07. The number of rotatable bonds is 7. The van der Waals surface area contributed by atoms with Crippen LogP contribution in [0.2, 0.25) is 0 Å². The number of carbonyl (C=O) groups is 1. The predicted molar refractivity (Wildman–Crippen MR) is 140 cm³/mol. The van der Waals surface area contributed by atoms with Crippen molar-refractivity contribution in [1.82, 2.24) is 35.1 Å². The van der Waals surface area contributed by atoms with Gasteiger partial charge in [-0.3, -0.25) is 4.79 Å². The number of hydrogen-bond donors (Lipinski definition) is 2. The summed E-state index contributed by atoms with van der Waals surface area (Å²) in [6, 6.07) is 12.0. The Bertz CT molecular complexity index is 1700. The zero-order chi connectivity index (χ0) is 26.8. The summed E-state index contributed by atoms with van der Waals surface area (Å²) in [7, 11) is 0. The Hall–Kier alpha value is -5.19. The molecule has 5 rings (SSSR count). The third kappa shape index (κ3) is 4.76. The van der Waals surface area contributed by atoms with Crippen molar-refractivity contribution in [3.05, 3.63) is 90.3 Å². The Labute approximate surface area is 217 Å². The van der Waals surface area contributed by atoms with Gasteiger partial charge in [0.25, 0.3) is 0 Å². The number of amides is 1. The number of carbonyl (C=O) groups excluding carboxylic acids is 1. The number of nitrogens with two attached hydrogens (primary N) is 1. The van der Waals surface area contributed by atoms with E-state index in [2.05, 4.69) is 37.0 Å². The van der Waals surface area contributed by atoms with Gasteiger partial charge in [0.2, 0.25) is 5.91 Å². The maximum atomic E-state index is 15.3. The topological polar surface area (TPSA) is 133 Å². The number of anilines is 1. The molecule has 5 aromatic rings. The maximum absolute atomic E-state index is 15.3. The highest BCUT2D eigenvalue weighted by Gasteiger charge is 2.22. The van der Waals surface area contributed by atoms with E-state index in [1.165, 1.54) is 29.2 Å². The lowest BCUT2D eigenvalue weighted by Crippen LogP contribution is -2.19. The summed E-state index contributed by atoms with van der Waals surface area (Å²) in [5.74, 6) is -0.696. The van der Waals surface area contributed by atoms with Crippen LogP contribution in [0.25, 0.3) is 27.9 Å². The maximum Gasteiger partial charge on any atom is 0.322 e. The fraction of sp³-hybridized carbons (Fsp3) is 0.111. The zero-order valence-electron chi connectivity index (χ0n) is 20.6. The summed E-state index contributed by atoms with van der Waals surface area (Å²) < 4.78 is 22.2. The number of benzene rings is 2. The van der Waals surface area contributed by atoms with Crippen LogP contribution in [0.4, 0.5) is 10.2 Å². The molecule has 0 saturated carbocycles. The van der Waals surface area contributed by atoms with Gasteiger partial charge in [-0.2, -0.15) is 0 Å². The van der Waals surface area contributed by atoms with Gasteiger partial charge in [-0.05, 0) is 54.8 Å². The second-order valence-electron chi connectivity index (χ2n) is 8.51. The van der Waals surface area contributed by atoms with Crippen LogP contribution in [-0.2, 0) is 11.3 Å². The summed E-state index contributed by atoms with van der Waals surface area (Å²) in [4.78, 5) is 23.8. The number of hydrogen-bond acceptors (Lipinski definition) is 8. The molecule has 3 aromatic heterocycles. The van der Waals surface area contributed by atoms with Gasteiger partial charge in [-0.1, -0.05) is 30.8 Å². The van der Waals surface area contributed by atoms with Crippen molar-refractivity contribution in [3.8, 4) is 34.1 Å². The van der Waals surface area contributed by atoms with Gasteiger partial charge in [-0.15, -0.1) is 14.8 Å². The van der Waals surface area contributed by atoms with Crippen LogP contribution in [0.15, 0.2) is 67.6 Å². The number of nitrogen functional groups attached to an aromatic ring is 1. The molecule has 1 amide bonds. The third-order valence-corrected chi connectivity index (χ3v) is 5.86. The first-order valence-corrected chi connectivity index (χ1v) is 11.6. The number of ether oxygens (including phenoxy) is 1. The normalized spacial score (nSPS) is 10.9. The molecule has 190 valence electrons. The fourth-order valence-electron chi connectivity index (χ4n) is 4.06. The lowest BCUT2D eigenvalue weighted by Gasteiger charge is -2.11. The van der Waals surface area contributed by atoms with Crippen LogP contribution < -0.4 is 15.8 Å². The molecule has 0 aliphatic carbocycles. The molecule has 0 atom stereocenters. The average Bonchev–Trinajstić information content (AvgIpc) is 3.29. The summed E-state index contributed by atoms with van der Waals surface area (Å²) in [6.45, 7) is 7.53. The van der Waals surface area contributed by atoms with E-state index in [0.717, 1.165) is 16.7 Å². The van der Waals surface area contributed by atoms with Crippen LogP contribution in [-0.4, -0.2) is 35.7 Å². The Morgan fingerprint density at radius 2 is 2.03 bits per heavy atom. The van der Waals surface area contributed by atoms with Gasteiger partial charge in [0.1, 0.15) is 17.5 Å². The van der Waals surface area contributed by atoms with E-state index in [9.17, 15) is 4.79 Å². The minimum absolute atomic E-state index is 0.0244. The van der Waals surface area contributed by atoms with Crippen LogP contribution in [0, 0.1) is 19.7 Å². The van der Waals surface area contributed by atoms with E-state index in [0.29, 0.717) is 34.6 Å². The van der Waals surface area contributed by atoms with E-state index in [1.54, 1.807) is 25.3 Å². The molecular formula is C27H23FN8O2. The Morgan fingerprint density at radius 3 is 2.76 bits per heavy atom. The van der Waals surface area contributed by atoms with E-state index in [-0.39, 0.29) is 23.5 Å². The number of halogens is 1. The minimum atomic E-state index is -0.613. The SMILES string of the molecule is C=CC(=O)NCc1ccc(-c2nn3ncnc(N)c3c2-c2ccc(Oc3nccc(C)n3)c(F)c2)c(C)c1. The smallest absolute Gasteiger partial charge is 0.322 e. The number of nitrogens with one attached hydrogen (secondary N) is 1. The highest BCUT2D eigenvalue weighted by atomic mass is 19.1.